The molecular formula is C15H24N2O2S. The lowest BCUT2D eigenvalue weighted by Gasteiger charge is -2.23. The Kier molecular flexibility index (Phi) is 4.83. The lowest BCUT2D eigenvalue weighted by atomic mass is 10.1. The second-order valence-electron chi connectivity index (χ2n) is 5.80. The van der Waals surface area contributed by atoms with Gasteiger partial charge in [-0.1, -0.05) is 31.4 Å². The summed E-state index contributed by atoms with van der Waals surface area (Å²) in [6.07, 6.45) is 4.97. The molecule has 1 aromatic carbocycles. The fraction of sp³-hybridized carbons (Fsp3) is 0.600. The van der Waals surface area contributed by atoms with Crippen LogP contribution in [-0.2, 0) is 10.0 Å². The van der Waals surface area contributed by atoms with Gasteiger partial charge in [-0.15, -0.1) is 0 Å². The van der Waals surface area contributed by atoms with Gasteiger partial charge in [0.2, 0.25) is 10.0 Å². The van der Waals surface area contributed by atoms with E-state index in [4.69, 9.17) is 5.73 Å². The summed E-state index contributed by atoms with van der Waals surface area (Å²) in [6, 6.07) is 5.25. The monoisotopic (exact) mass is 296 g/mol. The average Bonchev–Trinajstić information content (AvgIpc) is 2.57. The van der Waals surface area contributed by atoms with Gasteiger partial charge in [-0.2, -0.15) is 0 Å². The molecule has 0 heterocycles. The van der Waals surface area contributed by atoms with Crippen molar-refractivity contribution < 1.29 is 8.42 Å². The van der Waals surface area contributed by atoms with Crippen molar-refractivity contribution in [1.82, 2.24) is 4.72 Å². The highest BCUT2D eigenvalue weighted by molar-refractivity contribution is 7.89. The van der Waals surface area contributed by atoms with Crippen molar-refractivity contribution in [3.05, 3.63) is 29.3 Å². The summed E-state index contributed by atoms with van der Waals surface area (Å²) < 4.78 is 27.9. The molecule has 2 rings (SSSR count). The first-order chi connectivity index (χ1) is 9.40. The highest BCUT2D eigenvalue weighted by atomic mass is 32.2. The summed E-state index contributed by atoms with van der Waals surface area (Å²) >= 11 is 0. The number of nitrogens with one attached hydrogen (secondary N) is 1. The van der Waals surface area contributed by atoms with Crippen LogP contribution in [0, 0.1) is 13.8 Å². The largest absolute Gasteiger partial charge is 0.326 e. The number of sulfonamides is 1. The van der Waals surface area contributed by atoms with Crippen LogP contribution in [0.25, 0.3) is 0 Å². The van der Waals surface area contributed by atoms with Gasteiger partial charge in [0.15, 0.2) is 0 Å². The maximum Gasteiger partial charge on any atom is 0.241 e. The molecule has 5 heteroatoms. The second kappa shape index (κ2) is 6.24. The number of hydrogen-bond acceptors (Lipinski definition) is 3. The van der Waals surface area contributed by atoms with Crippen LogP contribution in [0.2, 0.25) is 0 Å². The minimum Gasteiger partial charge on any atom is -0.326 e. The molecule has 4 nitrogen and oxygen atoms in total. The van der Waals surface area contributed by atoms with E-state index in [0.717, 1.165) is 43.2 Å². The molecule has 0 aromatic heterocycles. The molecule has 1 aliphatic carbocycles. The van der Waals surface area contributed by atoms with Crippen molar-refractivity contribution in [2.75, 3.05) is 0 Å². The van der Waals surface area contributed by atoms with Crippen molar-refractivity contribution in [2.24, 2.45) is 5.73 Å². The fourth-order valence-electron chi connectivity index (χ4n) is 2.74. The van der Waals surface area contributed by atoms with Crippen molar-refractivity contribution in [3.63, 3.8) is 0 Å². The quantitative estimate of drug-likeness (QED) is 0.840. The van der Waals surface area contributed by atoms with Gasteiger partial charge in [0.1, 0.15) is 0 Å². The number of rotatable bonds is 3. The van der Waals surface area contributed by atoms with Gasteiger partial charge >= 0.3 is 0 Å². The van der Waals surface area contributed by atoms with Gasteiger partial charge in [0.25, 0.3) is 0 Å². The van der Waals surface area contributed by atoms with E-state index < -0.39 is 10.0 Å². The molecule has 0 radical (unpaired) electrons. The van der Waals surface area contributed by atoms with Gasteiger partial charge in [-0.05, 0) is 43.9 Å². The SMILES string of the molecule is Cc1ccc(C)c(S(=O)(=O)NC2CCCCCC2N)c1. The van der Waals surface area contributed by atoms with E-state index in [9.17, 15) is 8.42 Å². The Hall–Kier alpha value is -0.910. The standard InChI is InChI=1S/C15H24N2O2S/c1-11-8-9-12(2)15(10-11)20(18,19)17-14-7-5-3-4-6-13(14)16/h8-10,13-14,17H,3-7,16H2,1-2H3. The van der Waals surface area contributed by atoms with Gasteiger partial charge < -0.3 is 5.73 Å². The summed E-state index contributed by atoms with van der Waals surface area (Å²) in [4.78, 5) is 0.369. The van der Waals surface area contributed by atoms with E-state index in [-0.39, 0.29) is 12.1 Å². The molecule has 112 valence electrons. The van der Waals surface area contributed by atoms with Crippen molar-refractivity contribution >= 4 is 10.0 Å². The highest BCUT2D eigenvalue weighted by Crippen LogP contribution is 2.21. The first kappa shape index (κ1) is 15.5. The maximum absolute atomic E-state index is 12.6. The van der Waals surface area contributed by atoms with Crippen LogP contribution < -0.4 is 10.5 Å². The molecule has 0 saturated heterocycles. The van der Waals surface area contributed by atoms with E-state index >= 15 is 0 Å². The Morgan fingerprint density at radius 3 is 2.60 bits per heavy atom. The van der Waals surface area contributed by atoms with E-state index in [1.807, 2.05) is 26.0 Å². The van der Waals surface area contributed by atoms with Crippen LogP contribution in [0.1, 0.15) is 43.2 Å². The molecule has 2 unspecified atom stereocenters. The van der Waals surface area contributed by atoms with E-state index in [2.05, 4.69) is 4.72 Å². The minimum absolute atomic E-state index is 0.0857. The lowest BCUT2D eigenvalue weighted by Crippen LogP contribution is -2.46. The molecule has 1 aliphatic rings. The Morgan fingerprint density at radius 2 is 1.85 bits per heavy atom. The summed E-state index contributed by atoms with van der Waals surface area (Å²) in [5, 5.41) is 0. The molecule has 0 aliphatic heterocycles. The second-order valence-corrected chi connectivity index (χ2v) is 7.48. The van der Waals surface area contributed by atoms with E-state index in [0.29, 0.717) is 4.90 Å². The smallest absolute Gasteiger partial charge is 0.241 e. The van der Waals surface area contributed by atoms with Gasteiger partial charge in [-0.3, -0.25) is 0 Å². The minimum atomic E-state index is -3.49. The third-order valence-corrected chi connectivity index (χ3v) is 5.64. The van der Waals surface area contributed by atoms with Crippen LogP contribution in [0.15, 0.2) is 23.1 Å². The molecule has 20 heavy (non-hydrogen) atoms. The van der Waals surface area contributed by atoms with Gasteiger partial charge in [-0.25, -0.2) is 13.1 Å². The molecule has 0 bridgehead atoms. The van der Waals surface area contributed by atoms with Crippen LogP contribution in [-0.4, -0.2) is 20.5 Å². The topological polar surface area (TPSA) is 72.2 Å². The highest BCUT2D eigenvalue weighted by Gasteiger charge is 2.27. The fourth-order valence-corrected chi connectivity index (χ4v) is 4.39. The van der Waals surface area contributed by atoms with Crippen molar-refractivity contribution in [1.29, 1.82) is 0 Å². The van der Waals surface area contributed by atoms with Crippen LogP contribution in [0.4, 0.5) is 0 Å². The summed E-state index contributed by atoms with van der Waals surface area (Å²) in [5.41, 5.74) is 7.82. The average molecular weight is 296 g/mol. The third kappa shape index (κ3) is 3.59. The number of hydrogen-bond donors (Lipinski definition) is 2. The maximum atomic E-state index is 12.6. The molecule has 2 atom stereocenters. The van der Waals surface area contributed by atoms with Gasteiger partial charge in [0.05, 0.1) is 4.90 Å². The van der Waals surface area contributed by atoms with Crippen LogP contribution in [0.3, 0.4) is 0 Å². The predicted molar refractivity (Wildman–Crippen MR) is 81.1 cm³/mol. The molecule has 1 aromatic rings. The first-order valence-electron chi connectivity index (χ1n) is 7.25. The normalized spacial score (nSPS) is 24.4. The number of benzene rings is 1. The van der Waals surface area contributed by atoms with Gasteiger partial charge in [0, 0.05) is 12.1 Å². The molecule has 0 spiro atoms. The van der Waals surface area contributed by atoms with Crippen molar-refractivity contribution in [3.8, 4) is 0 Å². The van der Waals surface area contributed by atoms with Crippen molar-refractivity contribution in [2.45, 2.75) is 62.9 Å². The first-order valence-corrected chi connectivity index (χ1v) is 8.73. The van der Waals surface area contributed by atoms with Crippen LogP contribution in [0.5, 0.6) is 0 Å². The molecule has 3 N–H and O–H groups in total. The summed E-state index contributed by atoms with van der Waals surface area (Å²) in [5.74, 6) is 0. The number of aryl methyl sites for hydroxylation is 2. The zero-order valence-corrected chi connectivity index (χ0v) is 13.0. The Labute approximate surface area is 121 Å². The Balaban J connectivity index is 2.24. The summed E-state index contributed by atoms with van der Waals surface area (Å²) in [7, 11) is -3.49. The zero-order valence-electron chi connectivity index (χ0n) is 12.2. The van der Waals surface area contributed by atoms with E-state index in [1.165, 1.54) is 0 Å². The predicted octanol–water partition coefficient (Wildman–Crippen LogP) is 2.24. The molecule has 0 amide bonds. The molecular weight excluding hydrogens is 272 g/mol. The third-order valence-electron chi connectivity index (χ3n) is 4.01. The Morgan fingerprint density at radius 1 is 1.15 bits per heavy atom. The molecule has 1 saturated carbocycles. The molecule has 1 fully saturated rings. The number of nitrogens with two attached hydrogens (primary N) is 1. The Bertz CT molecular complexity index is 569. The lowest BCUT2D eigenvalue weighted by molar-refractivity contribution is 0.456. The zero-order chi connectivity index (χ0) is 14.8. The summed E-state index contributed by atoms with van der Waals surface area (Å²) in [6.45, 7) is 3.72. The van der Waals surface area contributed by atoms with Crippen LogP contribution >= 0.6 is 0 Å². The van der Waals surface area contributed by atoms with E-state index in [1.54, 1.807) is 6.07 Å².